The van der Waals surface area contributed by atoms with Crippen LogP contribution in [-0.4, -0.2) is 28.1 Å². The Labute approximate surface area is 164 Å². The smallest absolute Gasteiger partial charge is 0.251 e. The fourth-order valence-electron chi connectivity index (χ4n) is 3.10. The quantitative estimate of drug-likeness (QED) is 0.716. The highest BCUT2D eigenvalue weighted by atomic mass is 16.2. The molecule has 3 rings (SSSR count). The molecule has 0 unspecified atom stereocenters. The number of nitrogens with one attached hydrogen (secondary N) is 2. The summed E-state index contributed by atoms with van der Waals surface area (Å²) >= 11 is 0. The van der Waals surface area contributed by atoms with Crippen LogP contribution in [0, 0.1) is 27.7 Å². The van der Waals surface area contributed by atoms with Gasteiger partial charge in [0, 0.05) is 16.9 Å². The van der Waals surface area contributed by atoms with Gasteiger partial charge >= 0.3 is 0 Å². The third-order valence-corrected chi connectivity index (χ3v) is 4.54. The molecule has 0 spiro atoms. The zero-order valence-corrected chi connectivity index (χ0v) is 16.5. The van der Waals surface area contributed by atoms with Crippen molar-refractivity contribution in [3.8, 4) is 5.69 Å². The van der Waals surface area contributed by atoms with Crippen molar-refractivity contribution >= 4 is 17.5 Å². The molecule has 1 aromatic heterocycles. The van der Waals surface area contributed by atoms with Gasteiger partial charge in [0.25, 0.3) is 5.91 Å². The summed E-state index contributed by atoms with van der Waals surface area (Å²) in [5.74, 6) is -0.554. The molecule has 0 fully saturated rings. The van der Waals surface area contributed by atoms with Crippen LogP contribution < -0.4 is 10.6 Å². The second kappa shape index (κ2) is 8.08. The molecule has 0 saturated carbocycles. The highest BCUT2D eigenvalue weighted by Crippen LogP contribution is 2.19. The molecule has 144 valence electrons. The molecule has 2 aromatic carbocycles. The largest absolute Gasteiger partial charge is 0.343 e. The standard InChI is InChI=1S/C22H24N4O2/c1-14-6-5-7-15(2)21(14)24-20(27)13-23-22(28)18-8-10-19(11-9-18)26-17(4)12-16(3)25-26/h5-12H,13H2,1-4H3,(H,23,28)(H,24,27). The molecule has 0 aliphatic rings. The minimum Gasteiger partial charge on any atom is -0.343 e. The molecule has 6 nitrogen and oxygen atoms in total. The lowest BCUT2D eigenvalue weighted by Crippen LogP contribution is -2.33. The second-order valence-corrected chi connectivity index (χ2v) is 6.88. The normalized spacial score (nSPS) is 10.6. The number of carbonyl (C=O) groups is 2. The molecule has 0 aliphatic heterocycles. The molecular weight excluding hydrogens is 352 g/mol. The first-order valence-electron chi connectivity index (χ1n) is 9.13. The lowest BCUT2D eigenvalue weighted by Gasteiger charge is -2.12. The average Bonchev–Trinajstić information content (AvgIpc) is 3.01. The minimum atomic E-state index is -0.295. The van der Waals surface area contributed by atoms with Gasteiger partial charge in [-0.2, -0.15) is 5.10 Å². The molecule has 0 aliphatic carbocycles. The fraction of sp³-hybridized carbons (Fsp3) is 0.227. The first-order chi connectivity index (χ1) is 13.3. The minimum absolute atomic E-state index is 0.0915. The van der Waals surface area contributed by atoms with E-state index in [0.717, 1.165) is 33.9 Å². The Kier molecular flexibility index (Phi) is 5.59. The number of aromatic nitrogens is 2. The molecule has 0 radical (unpaired) electrons. The van der Waals surface area contributed by atoms with Gasteiger partial charge in [-0.25, -0.2) is 4.68 Å². The van der Waals surface area contributed by atoms with Crippen LogP contribution in [0.5, 0.6) is 0 Å². The number of hydrogen-bond acceptors (Lipinski definition) is 3. The van der Waals surface area contributed by atoms with Gasteiger partial charge in [0.2, 0.25) is 5.91 Å². The molecule has 28 heavy (non-hydrogen) atoms. The van der Waals surface area contributed by atoms with Crippen molar-refractivity contribution in [1.29, 1.82) is 0 Å². The summed E-state index contributed by atoms with van der Waals surface area (Å²) < 4.78 is 1.83. The topological polar surface area (TPSA) is 76.0 Å². The van der Waals surface area contributed by atoms with E-state index in [1.807, 2.05) is 68.8 Å². The van der Waals surface area contributed by atoms with Gasteiger partial charge in [-0.05, 0) is 69.2 Å². The van der Waals surface area contributed by atoms with E-state index in [2.05, 4.69) is 15.7 Å². The zero-order chi connectivity index (χ0) is 20.3. The van der Waals surface area contributed by atoms with Crippen LogP contribution >= 0.6 is 0 Å². The number of rotatable bonds is 5. The number of carbonyl (C=O) groups excluding carboxylic acids is 2. The highest BCUT2D eigenvalue weighted by molar-refractivity contribution is 5.99. The highest BCUT2D eigenvalue weighted by Gasteiger charge is 2.11. The van der Waals surface area contributed by atoms with Gasteiger partial charge in [0.15, 0.2) is 0 Å². The van der Waals surface area contributed by atoms with Crippen molar-refractivity contribution in [1.82, 2.24) is 15.1 Å². The average molecular weight is 376 g/mol. The maximum Gasteiger partial charge on any atom is 0.251 e. The van der Waals surface area contributed by atoms with Crippen molar-refractivity contribution in [2.45, 2.75) is 27.7 Å². The summed E-state index contributed by atoms with van der Waals surface area (Å²) in [5.41, 5.74) is 6.10. The van der Waals surface area contributed by atoms with Crippen molar-refractivity contribution < 1.29 is 9.59 Å². The van der Waals surface area contributed by atoms with Crippen LogP contribution in [0.2, 0.25) is 0 Å². The van der Waals surface area contributed by atoms with Gasteiger partial charge in [0.05, 0.1) is 17.9 Å². The molecule has 0 bridgehead atoms. The maximum atomic E-state index is 12.3. The number of hydrogen-bond donors (Lipinski definition) is 2. The Bertz CT molecular complexity index is 999. The van der Waals surface area contributed by atoms with Crippen LogP contribution in [-0.2, 0) is 4.79 Å². The molecule has 1 heterocycles. The number of aryl methyl sites for hydroxylation is 4. The van der Waals surface area contributed by atoms with E-state index >= 15 is 0 Å². The molecular formula is C22H24N4O2. The van der Waals surface area contributed by atoms with Gasteiger partial charge in [-0.15, -0.1) is 0 Å². The Morgan fingerprint density at radius 2 is 1.61 bits per heavy atom. The molecule has 0 saturated heterocycles. The zero-order valence-electron chi connectivity index (χ0n) is 16.5. The first kappa shape index (κ1) is 19.4. The number of amides is 2. The maximum absolute atomic E-state index is 12.3. The first-order valence-corrected chi connectivity index (χ1v) is 9.13. The van der Waals surface area contributed by atoms with E-state index in [1.165, 1.54) is 0 Å². The summed E-state index contributed by atoms with van der Waals surface area (Å²) in [7, 11) is 0. The second-order valence-electron chi connectivity index (χ2n) is 6.88. The summed E-state index contributed by atoms with van der Waals surface area (Å²) in [5, 5.41) is 9.95. The van der Waals surface area contributed by atoms with Crippen molar-refractivity contribution in [3.63, 3.8) is 0 Å². The van der Waals surface area contributed by atoms with E-state index in [-0.39, 0.29) is 18.4 Å². The molecule has 2 amide bonds. The van der Waals surface area contributed by atoms with Gasteiger partial charge in [-0.3, -0.25) is 9.59 Å². The molecule has 3 aromatic rings. The molecule has 0 atom stereocenters. The van der Waals surface area contributed by atoms with E-state index in [0.29, 0.717) is 5.56 Å². The Balaban J connectivity index is 1.60. The number of para-hydroxylation sites is 1. The lowest BCUT2D eigenvalue weighted by molar-refractivity contribution is -0.115. The SMILES string of the molecule is Cc1cc(C)n(-c2ccc(C(=O)NCC(=O)Nc3c(C)cccc3C)cc2)n1. The number of anilines is 1. The van der Waals surface area contributed by atoms with Crippen LogP contribution in [0.1, 0.15) is 32.9 Å². The summed E-state index contributed by atoms with van der Waals surface area (Å²) in [6.45, 7) is 7.70. The third kappa shape index (κ3) is 4.28. The Hall–Kier alpha value is -3.41. The van der Waals surface area contributed by atoms with Gasteiger partial charge in [0.1, 0.15) is 0 Å². The summed E-state index contributed by atoms with van der Waals surface area (Å²) in [6, 6.07) is 14.9. The van der Waals surface area contributed by atoms with E-state index in [1.54, 1.807) is 12.1 Å². The lowest BCUT2D eigenvalue weighted by atomic mass is 10.1. The fourth-order valence-corrected chi connectivity index (χ4v) is 3.10. The predicted molar refractivity (Wildman–Crippen MR) is 110 cm³/mol. The van der Waals surface area contributed by atoms with E-state index < -0.39 is 0 Å². The van der Waals surface area contributed by atoms with Crippen LogP contribution in [0.4, 0.5) is 5.69 Å². The third-order valence-electron chi connectivity index (χ3n) is 4.54. The Morgan fingerprint density at radius 3 is 2.18 bits per heavy atom. The molecule has 2 N–H and O–H groups in total. The predicted octanol–water partition coefficient (Wildman–Crippen LogP) is 3.47. The monoisotopic (exact) mass is 376 g/mol. The number of nitrogens with zero attached hydrogens (tertiary/aromatic N) is 2. The Morgan fingerprint density at radius 1 is 0.964 bits per heavy atom. The molecule has 6 heteroatoms. The van der Waals surface area contributed by atoms with E-state index in [4.69, 9.17) is 0 Å². The van der Waals surface area contributed by atoms with Gasteiger partial charge < -0.3 is 10.6 Å². The van der Waals surface area contributed by atoms with Crippen LogP contribution in [0.3, 0.4) is 0 Å². The van der Waals surface area contributed by atoms with E-state index in [9.17, 15) is 9.59 Å². The van der Waals surface area contributed by atoms with Crippen molar-refractivity contribution in [2.75, 3.05) is 11.9 Å². The number of benzene rings is 2. The summed E-state index contributed by atoms with van der Waals surface area (Å²) in [6.07, 6.45) is 0. The van der Waals surface area contributed by atoms with Crippen LogP contribution in [0.15, 0.2) is 48.5 Å². The summed E-state index contributed by atoms with van der Waals surface area (Å²) in [4.78, 5) is 24.5. The van der Waals surface area contributed by atoms with Crippen molar-refractivity contribution in [3.05, 3.63) is 76.6 Å². The van der Waals surface area contributed by atoms with Crippen molar-refractivity contribution in [2.24, 2.45) is 0 Å². The van der Waals surface area contributed by atoms with Gasteiger partial charge in [-0.1, -0.05) is 18.2 Å². The van der Waals surface area contributed by atoms with Crippen LogP contribution in [0.25, 0.3) is 5.69 Å².